The van der Waals surface area contributed by atoms with Crippen LogP contribution in [0.15, 0.2) is 36.9 Å². The molecule has 1 aliphatic rings. The van der Waals surface area contributed by atoms with Crippen LogP contribution in [-0.4, -0.2) is 62.8 Å². The van der Waals surface area contributed by atoms with Crippen molar-refractivity contribution in [3.8, 4) is 6.01 Å². The number of hydrogen-bond donors (Lipinski definition) is 2. The van der Waals surface area contributed by atoms with E-state index in [1.807, 2.05) is 19.2 Å². The summed E-state index contributed by atoms with van der Waals surface area (Å²) in [6.45, 7) is 7.97. The summed E-state index contributed by atoms with van der Waals surface area (Å²) in [5.41, 5.74) is 4.05. The third-order valence-electron chi connectivity index (χ3n) is 5.76. The normalized spacial score (nSPS) is 18.6. The number of aromatic nitrogens is 5. The van der Waals surface area contributed by atoms with Crippen molar-refractivity contribution in [1.82, 2.24) is 29.9 Å². The Kier molecular flexibility index (Phi) is 5.29. The average molecular weight is 447 g/mol. The molecule has 1 aromatic carbocycles. The fraction of sp³-hybridized carbons (Fsp3) is 0.348. The maximum atomic E-state index is 13.3. The highest BCUT2D eigenvalue weighted by atomic mass is 16.5. The van der Waals surface area contributed by atoms with Crippen molar-refractivity contribution in [2.75, 3.05) is 30.4 Å². The number of piperazine rings is 1. The van der Waals surface area contributed by atoms with Gasteiger partial charge in [-0.15, -0.1) is 0 Å². The number of nitrogens with zero attached hydrogens (tertiary/aromatic N) is 6. The first-order valence-electron chi connectivity index (χ1n) is 10.9. The Morgan fingerprint density at radius 2 is 1.94 bits per heavy atom. The van der Waals surface area contributed by atoms with Gasteiger partial charge in [-0.25, -0.2) is 14.5 Å². The standard InChI is InChI=1S/C23H26N8O2/c1-13-7-24-21-18(9-26-31(21)10-13)28-22(32)16-5-6-19(30-11-14(2)27-15(3)12-30)17-8-25-23(33-4)29-20(16)17/h5-10,14-15,27H,11-12H2,1-4H3,(H,28,32)/t14-,15-/m0/s1. The first-order chi connectivity index (χ1) is 15.9. The van der Waals surface area contributed by atoms with E-state index in [1.165, 1.54) is 7.11 Å². The van der Waals surface area contributed by atoms with Crippen LogP contribution in [0.25, 0.3) is 16.6 Å². The maximum absolute atomic E-state index is 13.3. The van der Waals surface area contributed by atoms with E-state index in [-0.39, 0.29) is 11.9 Å². The fourth-order valence-corrected chi connectivity index (χ4v) is 4.42. The Balaban J connectivity index is 1.55. The van der Waals surface area contributed by atoms with Gasteiger partial charge in [0.2, 0.25) is 0 Å². The second-order valence-corrected chi connectivity index (χ2v) is 8.54. The first-order valence-corrected chi connectivity index (χ1v) is 10.9. The fourth-order valence-electron chi connectivity index (χ4n) is 4.42. The second kappa shape index (κ2) is 8.28. The summed E-state index contributed by atoms with van der Waals surface area (Å²) >= 11 is 0. The molecule has 170 valence electrons. The Morgan fingerprint density at radius 3 is 2.70 bits per heavy atom. The smallest absolute Gasteiger partial charge is 0.316 e. The van der Waals surface area contributed by atoms with Crippen LogP contribution in [-0.2, 0) is 0 Å². The molecule has 5 rings (SSSR count). The van der Waals surface area contributed by atoms with Crippen LogP contribution in [0.5, 0.6) is 6.01 Å². The van der Waals surface area contributed by atoms with Gasteiger partial charge in [-0.2, -0.15) is 10.1 Å². The van der Waals surface area contributed by atoms with Crippen molar-refractivity contribution in [2.24, 2.45) is 0 Å². The molecule has 2 atom stereocenters. The van der Waals surface area contributed by atoms with Crippen molar-refractivity contribution < 1.29 is 9.53 Å². The minimum Gasteiger partial charge on any atom is -0.467 e. The summed E-state index contributed by atoms with van der Waals surface area (Å²) in [7, 11) is 1.51. The van der Waals surface area contributed by atoms with Gasteiger partial charge in [0, 0.05) is 54.8 Å². The number of ether oxygens (including phenoxy) is 1. The number of benzene rings is 1. The molecule has 4 heterocycles. The van der Waals surface area contributed by atoms with E-state index in [2.05, 4.69) is 49.4 Å². The monoisotopic (exact) mass is 446 g/mol. The number of fused-ring (bicyclic) bond motifs is 2. The molecule has 0 spiro atoms. The molecule has 0 bridgehead atoms. The van der Waals surface area contributed by atoms with Gasteiger partial charge >= 0.3 is 6.01 Å². The van der Waals surface area contributed by atoms with Crippen molar-refractivity contribution in [2.45, 2.75) is 32.9 Å². The number of aryl methyl sites for hydroxylation is 1. The molecule has 10 nitrogen and oxygen atoms in total. The van der Waals surface area contributed by atoms with Crippen LogP contribution in [0.1, 0.15) is 29.8 Å². The SMILES string of the molecule is COc1ncc2c(N3C[C@H](C)N[C@@H](C)C3)ccc(C(=O)Nc3cnn4cc(C)cnc34)c2n1. The molecule has 0 aliphatic carbocycles. The summed E-state index contributed by atoms with van der Waals surface area (Å²) in [5.74, 6) is -0.299. The quantitative estimate of drug-likeness (QED) is 0.492. The van der Waals surface area contributed by atoms with Crippen molar-refractivity contribution in [1.29, 1.82) is 0 Å². The highest BCUT2D eigenvalue weighted by molar-refractivity contribution is 6.14. The summed E-state index contributed by atoms with van der Waals surface area (Å²) in [4.78, 5) is 28.9. The van der Waals surface area contributed by atoms with E-state index in [4.69, 9.17) is 4.74 Å². The number of amides is 1. The number of hydrogen-bond acceptors (Lipinski definition) is 8. The third kappa shape index (κ3) is 3.93. The summed E-state index contributed by atoms with van der Waals surface area (Å²) in [5, 5.41) is 11.6. The molecule has 0 saturated carbocycles. The zero-order valence-corrected chi connectivity index (χ0v) is 19.0. The zero-order valence-electron chi connectivity index (χ0n) is 19.0. The van der Waals surface area contributed by atoms with E-state index in [0.717, 1.165) is 29.7 Å². The van der Waals surface area contributed by atoms with Crippen molar-refractivity contribution in [3.63, 3.8) is 0 Å². The predicted molar refractivity (Wildman–Crippen MR) is 126 cm³/mol. The van der Waals surface area contributed by atoms with Gasteiger partial charge in [-0.1, -0.05) is 0 Å². The molecule has 1 aliphatic heterocycles. The number of methoxy groups -OCH3 is 1. The molecule has 4 aromatic rings. The summed E-state index contributed by atoms with van der Waals surface area (Å²) < 4.78 is 6.89. The largest absolute Gasteiger partial charge is 0.467 e. The Morgan fingerprint density at radius 1 is 1.15 bits per heavy atom. The number of nitrogens with one attached hydrogen (secondary N) is 2. The molecule has 1 saturated heterocycles. The summed E-state index contributed by atoms with van der Waals surface area (Å²) in [6.07, 6.45) is 6.92. The van der Waals surface area contributed by atoms with Crippen LogP contribution in [0, 0.1) is 6.92 Å². The average Bonchev–Trinajstić information content (AvgIpc) is 3.18. The Bertz CT molecular complexity index is 1340. The van der Waals surface area contributed by atoms with Gasteiger partial charge in [0.05, 0.1) is 24.4 Å². The van der Waals surface area contributed by atoms with Crippen LogP contribution in [0.4, 0.5) is 11.4 Å². The van der Waals surface area contributed by atoms with Gasteiger partial charge in [0.25, 0.3) is 5.91 Å². The topological polar surface area (TPSA) is 110 Å². The van der Waals surface area contributed by atoms with Crippen molar-refractivity contribution >= 4 is 33.8 Å². The molecule has 0 radical (unpaired) electrons. The number of carbonyl (C=O) groups excluding carboxylic acids is 1. The molecular formula is C23H26N8O2. The molecule has 2 N–H and O–H groups in total. The lowest BCUT2D eigenvalue weighted by Crippen LogP contribution is -2.54. The van der Waals surface area contributed by atoms with Crippen LogP contribution in [0.3, 0.4) is 0 Å². The number of anilines is 2. The molecule has 3 aromatic heterocycles. The second-order valence-electron chi connectivity index (χ2n) is 8.54. The first kappa shape index (κ1) is 21.1. The van der Waals surface area contributed by atoms with Crippen LogP contribution >= 0.6 is 0 Å². The molecule has 0 unspecified atom stereocenters. The summed E-state index contributed by atoms with van der Waals surface area (Å²) in [6, 6.07) is 4.68. The minimum atomic E-state index is -0.299. The lowest BCUT2D eigenvalue weighted by molar-refractivity contribution is 0.102. The van der Waals surface area contributed by atoms with E-state index in [0.29, 0.717) is 34.5 Å². The van der Waals surface area contributed by atoms with Crippen molar-refractivity contribution in [3.05, 3.63) is 48.0 Å². The number of carbonyl (C=O) groups is 1. The van der Waals surface area contributed by atoms with Crippen LogP contribution < -0.4 is 20.3 Å². The maximum Gasteiger partial charge on any atom is 0.316 e. The van der Waals surface area contributed by atoms with Gasteiger partial charge in [-0.3, -0.25) is 4.79 Å². The molecular weight excluding hydrogens is 420 g/mol. The minimum absolute atomic E-state index is 0.212. The Hall–Kier alpha value is -3.79. The lowest BCUT2D eigenvalue weighted by Gasteiger charge is -2.38. The Labute approximate surface area is 191 Å². The van der Waals surface area contributed by atoms with Crippen LogP contribution in [0.2, 0.25) is 0 Å². The lowest BCUT2D eigenvalue weighted by atomic mass is 10.0. The molecule has 10 heteroatoms. The van der Waals surface area contributed by atoms with E-state index < -0.39 is 0 Å². The molecule has 33 heavy (non-hydrogen) atoms. The highest BCUT2D eigenvalue weighted by Crippen LogP contribution is 2.31. The molecule has 1 fully saturated rings. The van der Waals surface area contributed by atoms with Gasteiger partial charge < -0.3 is 20.3 Å². The third-order valence-corrected chi connectivity index (χ3v) is 5.76. The van der Waals surface area contributed by atoms with E-state index >= 15 is 0 Å². The molecule has 1 amide bonds. The number of rotatable bonds is 4. The van der Waals surface area contributed by atoms with Gasteiger partial charge in [0.1, 0.15) is 5.69 Å². The predicted octanol–water partition coefficient (Wildman–Crippen LogP) is 2.43. The van der Waals surface area contributed by atoms with Gasteiger partial charge in [-0.05, 0) is 38.5 Å². The highest BCUT2D eigenvalue weighted by Gasteiger charge is 2.25. The van der Waals surface area contributed by atoms with Gasteiger partial charge in [0.15, 0.2) is 5.65 Å². The zero-order chi connectivity index (χ0) is 23.1. The van der Waals surface area contributed by atoms with E-state index in [1.54, 1.807) is 29.2 Å². The van der Waals surface area contributed by atoms with E-state index in [9.17, 15) is 4.79 Å².